The molecule has 0 spiro atoms. The van der Waals surface area contributed by atoms with Crippen molar-refractivity contribution in [3.63, 3.8) is 0 Å². The fourth-order valence-electron chi connectivity index (χ4n) is 4.96. The topological polar surface area (TPSA) is 37.4 Å². The summed E-state index contributed by atoms with van der Waals surface area (Å²) in [7, 11) is 0. The van der Waals surface area contributed by atoms with Gasteiger partial charge in [0.15, 0.2) is 0 Å². The molecule has 5 aromatic rings. The Bertz CT molecular complexity index is 1610. The Kier molecular flexibility index (Phi) is 4.78. The third-order valence-electron chi connectivity index (χ3n) is 6.52. The summed E-state index contributed by atoms with van der Waals surface area (Å²) >= 11 is 0.518. The van der Waals surface area contributed by atoms with Crippen molar-refractivity contribution in [3.05, 3.63) is 116 Å². The minimum absolute atomic E-state index is 0.136. The predicted molar refractivity (Wildman–Crippen MR) is 143 cm³/mol. The molecule has 0 radical (unpaired) electrons. The van der Waals surface area contributed by atoms with Gasteiger partial charge in [-0.25, -0.2) is 0 Å². The summed E-state index contributed by atoms with van der Waals surface area (Å²) in [6.45, 7) is 0. The number of fused-ring (bicyclic) bond motifs is 6. The van der Waals surface area contributed by atoms with Crippen LogP contribution in [0, 0.1) is 0 Å². The number of hydrogen-bond donors (Lipinski definition) is 0. The number of rotatable bonds is 2. The van der Waals surface area contributed by atoms with Crippen LogP contribution >= 0.6 is 11.3 Å². The van der Waals surface area contributed by atoms with E-state index < -0.39 is 20.4 Å². The Labute approximate surface area is 216 Å². The maximum atomic E-state index is 12.8. The Morgan fingerprint density at radius 2 is 1.23 bits per heavy atom. The van der Waals surface area contributed by atoms with Crippen LogP contribution in [0.25, 0.3) is 28.3 Å². The standard InChI is InChI=1S/C30H17NO2STe/c32-28-23-15-16-34-30(23)29(33)24(28)17-18-13-14-27(35-18)31-25-11-5-3-9-21(25)19-7-1-2-8-20(19)22-10-4-6-12-26(22)31/h1-17H/b24-17+. The van der Waals surface area contributed by atoms with Crippen molar-refractivity contribution in [3.8, 4) is 22.3 Å². The van der Waals surface area contributed by atoms with Gasteiger partial charge >= 0.3 is 217 Å². The maximum absolute atomic E-state index is 12.8. The van der Waals surface area contributed by atoms with Crippen molar-refractivity contribution in [2.75, 3.05) is 4.90 Å². The van der Waals surface area contributed by atoms with Crippen LogP contribution in [-0.4, -0.2) is 32.0 Å². The van der Waals surface area contributed by atoms with Gasteiger partial charge in [0.2, 0.25) is 0 Å². The molecule has 0 bridgehead atoms. The van der Waals surface area contributed by atoms with Gasteiger partial charge in [-0.15, -0.1) is 0 Å². The number of benzene rings is 3. The zero-order valence-corrected chi connectivity index (χ0v) is 21.5. The van der Waals surface area contributed by atoms with Crippen molar-refractivity contribution in [2.24, 2.45) is 0 Å². The van der Waals surface area contributed by atoms with Gasteiger partial charge in [-0.1, -0.05) is 0 Å². The Morgan fingerprint density at radius 3 is 1.86 bits per heavy atom. The number of carbonyl (C=O) groups excluding carboxylic acids is 2. The van der Waals surface area contributed by atoms with Crippen LogP contribution in [0.5, 0.6) is 0 Å². The molecule has 35 heavy (non-hydrogen) atoms. The van der Waals surface area contributed by atoms with E-state index in [1.165, 1.54) is 37.3 Å². The number of para-hydroxylation sites is 2. The van der Waals surface area contributed by atoms with Gasteiger partial charge in [0.1, 0.15) is 0 Å². The first-order valence-corrected chi connectivity index (χ1v) is 14.5. The second-order valence-corrected chi connectivity index (χ2v) is 12.5. The van der Waals surface area contributed by atoms with Crippen LogP contribution in [0.15, 0.2) is 102 Å². The molecular formula is C30H17NO2STe. The monoisotopic (exact) mass is 585 g/mol. The molecule has 7 rings (SSSR count). The normalized spacial score (nSPS) is 15.0. The fourth-order valence-corrected chi connectivity index (χ4v) is 8.60. The molecule has 1 aliphatic carbocycles. The van der Waals surface area contributed by atoms with E-state index in [-0.39, 0.29) is 11.6 Å². The van der Waals surface area contributed by atoms with Gasteiger partial charge in [-0.05, 0) is 0 Å². The summed E-state index contributed by atoms with van der Waals surface area (Å²) in [5.74, 6) is -0.281. The van der Waals surface area contributed by atoms with Gasteiger partial charge in [-0.3, -0.25) is 0 Å². The molecule has 2 aliphatic rings. The molecule has 3 heterocycles. The average Bonchev–Trinajstić information content (AvgIpc) is 3.60. The number of allylic oxidation sites excluding steroid dienone is 1. The van der Waals surface area contributed by atoms with E-state index in [1.54, 1.807) is 6.07 Å². The van der Waals surface area contributed by atoms with Crippen LogP contribution < -0.4 is 4.90 Å². The van der Waals surface area contributed by atoms with Crippen LogP contribution in [-0.2, 0) is 0 Å². The molecule has 3 nitrogen and oxygen atoms in total. The van der Waals surface area contributed by atoms with Crippen molar-refractivity contribution < 1.29 is 9.59 Å². The van der Waals surface area contributed by atoms with E-state index in [1.807, 2.05) is 11.5 Å². The van der Waals surface area contributed by atoms with Crippen molar-refractivity contribution in [2.45, 2.75) is 0 Å². The number of thiophene rings is 1. The molecule has 0 unspecified atom stereocenters. The van der Waals surface area contributed by atoms with E-state index >= 15 is 0 Å². The molecular weight excluding hydrogens is 566 g/mol. The van der Waals surface area contributed by atoms with E-state index in [4.69, 9.17) is 0 Å². The first-order valence-electron chi connectivity index (χ1n) is 11.3. The van der Waals surface area contributed by atoms with Gasteiger partial charge in [0.25, 0.3) is 0 Å². The summed E-state index contributed by atoms with van der Waals surface area (Å²) in [4.78, 5) is 28.6. The number of Topliss-reactive ketones (excluding diaryl/α,β-unsaturated/α-hetero) is 2. The van der Waals surface area contributed by atoms with Gasteiger partial charge < -0.3 is 0 Å². The molecule has 0 amide bonds. The number of carbonyl (C=O) groups is 2. The first-order chi connectivity index (χ1) is 17.2. The van der Waals surface area contributed by atoms with Gasteiger partial charge in [0.05, 0.1) is 0 Å². The van der Waals surface area contributed by atoms with Gasteiger partial charge in [-0.2, -0.15) is 0 Å². The second kappa shape index (κ2) is 8.03. The molecule has 0 saturated heterocycles. The molecule has 3 aromatic carbocycles. The molecule has 166 valence electrons. The van der Waals surface area contributed by atoms with E-state index in [9.17, 15) is 9.59 Å². The Morgan fingerprint density at radius 1 is 0.629 bits per heavy atom. The Balaban J connectivity index is 1.39. The Hall–Kier alpha value is -3.49. The molecule has 0 saturated carbocycles. The molecule has 2 aromatic heterocycles. The average molecular weight is 583 g/mol. The minimum atomic E-state index is -0.830. The number of nitrogens with zero attached hydrogens (tertiary/aromatic N) is 1. The van der Waals surface area contributed by atoms with E-state index in [0.29, 0.717) is 16.0 Å². The summed E-state index contributed by atoms with van der Waals surface area (Å²) in [6, 6.07) is 31.7. The van der Waals surface area contributed by atoms with Crippen LogP contribution in [0.2, 0.25) is 0 Å². The van der Waals surface area contributed by atoms with E-state index in [0.717, 1.165) is 15.0 Å². The SMILES string of the molecule is O=C1/C(=C\c2ccc(N3c4ccccc4-c4ccccc4-c4ccccc43)[te]2)C(=O)c2sccc21. The van der Waals surface area contributed by atoms with Crippen LogP contribution in [0.4, 0.5) is 15.1 Å². The van der Waals surface area contributed by atoms with Crippen LogP contribution in [0.1, 0.15) is 23.6 Å². The number of hydrogen-bond acceptors (Lipinski definition) is 4. The second-order valence-electron chi connectivity index (χ2n) is 8.47. The predicted octanol–water partition coefficient (Wildman–Crippen LogP) is 7.38. The van der Waals surface area contributed by atoms with Crippen molar-refractivity contribution >= 4 is 64.5 Å². The van der Waals surface area contributed by atoms with Gasteiger partial charge in [0, 0.05) is 0 Å². The summed E-state index contributed by atoms with van der Waals surface area (Å²) < 4.78 is 2.33. The molecule has 1 aliphatic heterocycles. The zero-order chi connectivity index (χ0) is 23.5. The van der Waals surface area contributed by atoms with E-state index in [2.05, 4.69) is 89.8 Å². The summed E-state index contributed by atoms with van der Waals surface area (Å²) in [5, 5.41) is 1.81. The fraction of sp³-hybridized carbons (Fsp3) is 0. The van der Waals surface area contributed by atoms with Crippen molar-refractivity contribution in [1.82, 2.24) is 0 Å². The third kappa shape index (κ3) is 3.17. The first kappa shape index (κ1) is 20.8. The quantitative estimate of drug-likeness (QED) is 0.121. The van der Waals surface area contributed by atoms with Crippen molar-refractivity contribution in [1.29, 1.82) is 0 Å². The number of ketones is 2. The molecule has 5 heteroatoms. The summed E-state index contributed by atoms with van der Waals surface area (Å²) in [5.41, 5.74) is 8.00. The molecule has 0 fully saturated rings. The van der Waals surface area contributed by atoms with Crippen LogP contribution in [0.3, 0.4) is 0 Å². The number of anilines is 3. The summed E-state index contributed by atoms with van der Waals surface area (Å²) in [6.07, 6.45) is 1.84. The third-order valence-corrected chi connectivity index (χ3v) is 10.3. The zero-order valence-electron chi connectivity index (χ0n) is 18.4. The molecule has 0 N–H and O–H groups in total. The molecule has 0 atom stereocenters.